The van der Waals surface area contributed by atoms with Crippen LogP contribution in [0.15, 0.2) is 0 Å². The first-order valence-electron chi connectivity index (χ1n) is 8.08. The Hall–Kier alpha value is -1.63. The molecule has 23 heavy (non-hydrogen) atoms. The summed E-state index contributed by atoms with van der Waals surface area (Å²) in [7, 11) is 1.49. The number of nitrogens with zero attached hydrogens (tertiary/aromatic N) is 2. The van der Waals surface area contributed by atoms with Crippen molar-refractivity contribution in [2.45, 2.75) is 45.2 Å². The third-order valence-corrected chi connectivity index (χ3v) is 5.70. The first-order chi connectivity index (χ1) is 10.7. The molecule has 0 aromatic heterocycles. The predicted octanol–water partition coefficient (Wildman–Crippen LogP) is 0.336. The molecule has 2 bridgehead atoms. The Morgan fingerprint density at radius 1 is 1.09 bits per heavy atom. The number of piperazine rings is 1. The van der Waals surface area contributed by atoms with Crippen LogP contribution in [0, 0.1) is 10.8 Å². The molecular formula is C16H24N2O5. The van der Waals surface area contributed by atoms with Crippen molar-refractivity contribution in [3.8, 4) is 0 Å². The highest BCUT2D eigenvalue weighted by Crippen LogP contribution is 2.73. The number of carbonyl (C=O) groups excluding carboxylic acids is 2. The van der Waals surface area contributed by atoms with E-state index in [9.17, 15) is 19.5 Å². The molecule has 2 amide bonds. The summed E-state index contributed by atoms with van der Waals surface area (Å²) >= 11 is 0. The van der Waals surface area contributed by atoms with Crippen molar-refractivity contribution in [1.29, 1.82) is 0 Å². The molecule has 1 heterocycles. The standard InChI is InChI=1S/C16H24N2O5/c1-10-4-17(5-11(2)18(10)12(19)6-23-3)13(20)15-7-16(8-15,9-15)14(21)22/h10-11H,4-9H2,1-3H3,(H,21,22). The third kappa shape index (κ3) is 2.24. The Morgan fingerprint density at radius 3 is 2.04 bits per heavy atom. The van der Waals surface area contributed by atoms with Crippen molar-refractivity contribution >= 4 is 17.8 Å². The SMILES string of the molecule is COCC(=O)N1C(C)CN(C(=O)C23CC(C(=O)O)(C2)C3)CC1C. The summed E-state index contributed by atoms with van der Waals surface area (Å²) in [5, 5.41) is 9.19. The Morgan fingerprint density at radius 2 is 1.61 bits per heavy atom. The molecule has 7 nitrogen and oxygen atoms in total. The molecule has 3 aliphatic carbocycles. The number of hydrogen-bond acceptors (Lipinski definition) is 4. The largest absolute Gasteiger partial charge is 0.481 e. The number of methoxy groups -OCH3 is 1. The van der Waals surface area contributed by atoms with Crippen LogP contribution in [0.25, 0.3) is 0 Å². The summed E-state index contributed by atoms with van der Waals surface area (Å²) in [6.07, 6.45) is 1.42. The van der Waals surface area contributed by atoms with Crippen LogP contribution in [-0.4, -0.2) is 71.6 Å². The molecule has 4 aliphatic rings. The van der Waals surface area contributed by atoms with Crippen molar-refractivity contribution in [2.24, 2.45) is 10.8 Å². The van der Waals surface area contributed by atoms with Gasteiger partial charge in [0.15, 0.2) is 0 Å². The number of amides is 2. The maximum absolute atomic E-state index is 12.8. The maximum atomic E-state index is 12.8. The zero-order chi connectivity index (χ0) is 17.0. The van der Waals surface area contributed by atoms with Gasteiger partial charge in [0.1, 0.15) is 6.61 Å². The Bertz CT molecular complexity index is 529. The minimum atomic E-state index is -0.774. The molecule has 7 heteroatoms. The Kier molecular flexibility index (Phi) is 3.66. The molecule has 4 rings (SSSR count). The van der Waals surface area contributed by atoms with Gasteiger partial charge in [0, 0.05) is 32.3 Å². The molecule has 3 saturated carbocycles. The number of carboxylic acid groups (broad SMARTS) is 1. The number of carboxylic acids is 1. The van der Waals surface area contributed by atoms with E-state index >= 15 is 0 Å². The lowest BCUT2D eigenvalue weighted by Crippen LogP contribution is -2.72. The Balaban J connectivity index is 1.63. The minimum Gasteiger partial charge on any atom is -0.481 e. The van der Waals surface area contributed by atoms with E-state index < -0.39 is 16.8 Å². The number of hydrogen-bond donors (Lipinski definition) is 1. The molecule has 2 atom stereocenters. The van der Waals surface area contributed by atoms with Gasteiger partial charge in [0.25, 0.3) is 0 Å². The van der Waals surface area contributed by atoms with Gasteiger partial charge in [-0.3, -0.25) is 14.4 Å². The summed E-state index contributed by atoms with van der Waals surface area (Å²) in [4.78, 5) is 39.7. The van der Waals surface area contributed by atoms with E-state index in [1.54, 1.807) is 4.90 Å². The summed E-state index contributed by atoms with van der Waals surface area (Å²) in [5.74, 6) is -0.767. The van der Waals surface area contributed by atoms with E-state index in [2.05, 4.69) is 0 Å². The molecule has 1 saturated heterocycles. The molecule has 1 N–H and O–H groups in total. The molecule has 1 aliphatic heterocycles. The van der Waals surface area contributed by atoms with E-state index in [0.29, 0.717) is 32.4 Å². The minimum absolute atomic E-state index is 0.0493. The van der Waals surface area contributed by atoms with Crippen LogP contribution >= 0.6 is 0 Å². The van der Waals surface area contributed by atoms with Crippen LogP contribution in [0.1, 0.15) is 33.1 Å². The number of ether oxygens (including phenoxy) is 1. The van der Waals surface area contributed by atoms with Crippen molar-refractivity contribution in [3.05, 3.63) is 0 Å². The fourth-order valence-corrected chi connectivity index (χ4v) is 4.76. The second-order valence-corrected chi connectivity index (χ2v) is 7.54. The highest BCUT2D eigenvalue weighted by molar-refractivity contribution is 5.93. The van der Waals surface area contributed by atoms with Gasteiger partial charge in [0.2, 0.25) is 11.8 Å². The van der Waals surface area contributed by atoms with Gasteiger partial charge in [-0.2, -0.15) is 0 Å². The van der Waals surface area contributed by atoms with E-state index in [4.69, 9.17) is 4.74 Å². The lowest BCUT2D eigenvalue weighted by atomic mass is 9.34. The van der Waals surface area contributed by atoms with Crippen LogP contribution < -0.4 is 0 Å². The summed E-state index contributed by atoms with van der Waals surface area (Å²) in [6.45, 7) is 4.92. The quantitative estimate of drug-likeness (QED) is 0.805. The molecule has 0 aromatic rings. The van der Waals surface area contributed by atoms with Crippen molar-refractivity contribution < 1.29 is 24.2 Å². The number of carbonyl (C=O) groups is 3. The van der Waals surface area contributed by atoms with E-state index in [-0.39, 0.29) is 30.5 Å². The topological polar surface area (TPSA) is 87.2 Å². The second-order valence-electron chi connectivity index (χ2n) is 7.54. The first kappa shape index (κ1) is 16.2. The van der Waals surface area contributed by atoms with E-state index in [1.165, 1.54) is 7.11 Å². The van der Waals surface area contributed by atoms with Gasteiger partial charge in [-0.1, -0.05) is 0 Å². The van der Waals surface area contributed by atoms with Crippen molar-refractivity contribution in [2.75, 3.05) is 26.8 Å². The molecule has 128 valence electrons. The molecule has 0 aromatic carbocycles. The fourth-order valence-electron chi connectivity index (χ4n) is 4.76. The van der Waals surface area contributed by atoms with Crippen LogP contribution in [0.3, 0.4) is 0 Å². The highest BCUT2D eigenvalue weighted by Gasteiger charge is 2.75. The summed E-state index contributed by atoms with van der Waals surface area (Å²) < 4.78 is 4.92. The van der Waals surface area contributed by atoms with Gasteiger partial charge < -0.3 is 19.6 Å². The Labute approximate surface area is 135 Å². The predicted molar refractivity (Wildman–Crippen MR) is 80.6 cm³/mol. The zero-order valence-electron chi connectivity index (χ0n) is 13.9. The summed E-state index contributed by atoms with van der Waals surface area (Å²) in [5.41, 5.74) is -1.08. The van der Waals surface area contributed by atoms with Crippen molar-refractivity contribution in [3.63, 3.8) is 0 Å². The second kappa shape index (κ2) is 5.19. The molecule has 0 spiro atoms. The average Bonchev–Trinajstić information content (AvgIpc) is 2.34. The lowest BCUT2D eigenvalue weighted by molar-refractivity contribution is -0.227. The highest BCUT2D eigenvalue weighted by atomic mass is 16.5. The van der Waals surface area contributed by atoms with Crippen LogP contribution in [0.5, 0.6) is 0 Å². The molecule has 2 unspecified atom stereocenters. The van der Waals surface area contributed by atoms with Crippen molar-refractivity contribution in [1.82, 2.24) is 9.80 Å². The van der Waals surface area contributed by atoms with Gasteiger partial charge in [-0.25, -0.2) is 0 Å². The van der Waals surface area contributed by atoms with Gasteiger partial charge in [-0.15, -0.1) is 0 Å². The maximum Gasteiger partial charge on any atom is 0.309 e. The smallest absolute Gasteiger partial charge is 0.309 e. The fraction of sp³-hybridized carbons (Fsp3) is 0.812. The zero-order valence-corrected chi connectivity index (χ0v) is 13.9. The van der Waals surface area contributed by atoms with Crippen LogP contribution in [-0.2, 0) is 19.1 Å². The third-order valence-electron chi connectivity index (χ3n) is 5.70. The number of aliphatic carboxylic acids is 1. The molecule has 0 radical (unpaired) electrons. The summed E-state index contributed by atoms with van der Waals surface area (Å²) in [6, 6.07) is -0.128. The van der Waals surface area contributed by atoms with Crippen LogP contribution in [0.4, 0.5) is 0 Å². The monoisotopic (exact) mass is 324 g/mol. The average molecular weight is 324 g/mol. The van der Waals surface area contributed by atoms with E-state index in [1.807, 2.05) is 18.7 Å². The van der Waals surface area contributed by atoms with Crippen LogP contribution in [0.2, 0.25) is 0 Å². The molecular weight excluding hydrogens is 300 g/mol. The van der Waals surface area contributed by atoms with Gasteiger partial charge in [0.05, 0.1) is 10.8 Å². The lowest BCUT2D eigenvalue weighted by Gasteiger charge is -2.67. The number of rotatable bonds is 4. The van der Waals surface area contributed by atoms with E-state index in [0.717, 1.165) is 0 Å². The first-order valence-corrected chi connectivity index (χ1v) is 8.08. The van der Waals surface area contributed by atoms with Gasteiger partial charge in [-0.05, 0) is 33.1 Å². The normalized spacial score (nSPS) is 38.6. The molecule has 4 fully saturated rings. The van der Waals surface area contributed by atoms with Gasteiger partial charge >= 0.3 is 5.97 Å².